The quantitative estimate of drug-likeness (QED) is 0.706. The minimum Gasteiger partial charge on any atom is -0.362 e. The number of hydrogen-bond donors (Lipinski definition) is 2. The van der Waals surface area contributed by atoms with Gasteiger partial charge in [0.15, 0.2) is 0 Å². The lowest BCUT2D eigenvalue weighted by molar-refractivity contribution is -0.132. The number of carbonyl (C=O) groups is 2. The molecular weight excluding hydrogens is 338 g/mol. The van der Waals surface area contributed by atoms with E-state index in [2.05, 4.69) is 17.6 Å². The lowest BCUT2D eigenvalue weighted by atomic mass is 9.91. The van der Waals surface area contributed by atoms with Gasteiger partial charge >= 0.3 is 0 Å². The molecule has 1 spiro atoms. The first kappa shape index (κ1) is 19.7. The van der Waals surface area contributed by atoms with E-state index in [4.69, 9.17) is 0 Å². The minimum absolute atomic E-state index is 0.00583. The van der Waals surface area contributed by atoms with Gasteiger partial charge in [0, 0.05) is 38.0 Å². The summed E-state index contributed by atoms with van der Waals surface area (Å²) in [4.78, 5) is 27.1. The lowest BCUT2D eigenvalue weighted by Crippen LogP contribution is -2.62. The van der Waals surface area contributed by atoms with Crippen molar-refractivity contribution in [1.29, 1.82) is 0 Å². The van der Waals surface area contributed by atoms with Gasteiger partial charge in [0.1, 0.15) is 5.66 Å². The molecule has 0 unspecified atom stereocenters. The first-order valence-electron chi connectivity index (χ1n) is 10.5. The SMILES string of the molecule is CCCCCCCCC(=O)N1CCC2(CC1)NC(=O)c1c(C)cccc1N2. The average Bonchev–Trinajstić information content (AvgIpc) is 2.64. The first-order valence-corrected chi connectivity index (χ1v) is 10.5. The van der Waals surface area contributed by atoms with Crippen molar-refractivity contribution in [2.45, 2.75) is 77.3 Å². The highest BCUT2D eigenvalue weighted by Crippen LogP contribution is 2.32. The Balaban J connectivity index is 1.49. The van der Waals surface area contributed by atoms with E-state index in [0.29, 0.717) is 19.5 Å². The fourth-order valence-corrected chi connectivity index (χ4v) is 4.24. The number of benzene rings is 1. The zero-order chi connectivity index (χ0) is 19.3. The molecule has 2 aliphatic heterocycles. The van der Waals surface area contributed by atoms with Crippen LogP contribution in [0.1, 0.15) is 80.6 Å². The molecule has 3 rings (SSSR count). The Morgan fingerprint density at radius 3 is 2.52 bits per heavy atom. The molecule has 1 fully saturated rings. The molecular formula is C22H33N3O2. The molecule has 2 aliphatic rings. The topological polar surface area (TPSA) is 61.4 Å². The first-order chi connectivity index (χ1) is 13.0. The number of hydrogen-bond acceptors (Lipinski definition) is 3. The van der Waals surface area contributed by atoms with Crippen LogP contribution in [0, 0.1) is 6.92 Å². The molecule has 0 radical (unpaired) electrons. The third-order valence-electron chi connectivity index (χ3n) is 5.94. The van der Waals surface area contributed by atoms with Crippen LogP contribution < -0.4 is 10.6 Å². The second-order valence-electron chi connectivity index (χ2n) is 8.06. The molecule has 2 amide bonds. The Labute approximate surface area is 162 Å². The molecule has 1 saturated heterocycles. The number of likely N-dealkylation sites (tertiary alicyclic amines) is 1. The number of fused-ring (bicyclic) bond motifs is 1. The maximum atomic E-state index is 12.6. The summed E-state index contributed by atoms with van der Waals surface area (Å²) in [5.74, 6) is 0.257. The summed E-state index contributed by atoms with van der Waals surface area (Å²) >= 11 is 0. The van der Waals surface area contributed by atoms with Gasteiger partial charge in [0.25, 0.3) is 5.91 Å². The van der Waals surface area contributed by atoms with E-state index in [-0.39, 0.29) is 11.8 Å². The van der Waals surface area contributed by atoms with E-state index in [0.717, 1.165) is 42.5 Å². The van der Waals surface area contributed by atoms with Gasteiger partial charge < -0.3 is 15.5 Å². The molecule has 0 aromatic heterocycles. The van der Waals surface area contributed by atoms with Crippen molar-refractivity contribution >= 4 is 17.5 Å². The zero-order valence-electron chi connectivity index (χ0n) is 16.8. The highest BCUT2D eigenvalue weighted by molar-refractivity contribution is 6.03. The highest BCUT2D eigenvalue weighted by Gasteiger charge is 2.41. The summed E-state index contributed by atoms with van der Waals surface area (Å²) in [5.41, 5.74) is 2.21. The van der Waals surface area contributed by atoms with E-state index in [1.165, 1.54) is 25.7 Å². The van der Waals surface area contributed by atoms with Crippen LogP contribution in [0.4, 0.5) is 5.69 Å². The number of nitrogens with one attached hydrogen (secondary N) is 2. The van der Waals surface area contributed by atoms with E-state index in [9.17, 15) is 9.59 Å². The lowest BCUT2D eigenvalue weighted by Gasteiger charge is -2.46. The molecule has 0 saturated carbocycles. The third-order valence-corrected chi connectivity index (χ3v) is 5.94. The van der Waals surface area contributed by atoms with Crippen molar-refractivity contribution in [2.24, 2.45) is 0 Å². The Hall–Kier alpha value is -2.04. The Kier molecular flexibility index (Phi) is 6.40. The molecule has 0 atom stereocenters. The highest BCUT2D eigenvalue weighted by atomic mass is 16.2. The molecule has 148 valence electrons. The van der Waals surface area contributed by atoms with Gasteiger partial charge in [0.2, 0.25) is 5.91 Å². The number of unbranched alkanes of at least 4 members (excludes halogenated alkanes) is 5. The number of amides is 2. The number of piperidine rings is 1. The number of anilines is 1. The van der Waals surface area contributed by atoms with Crippen LogP contribution in [0.15, 0.2) is 18.2 Å². The van der Waals surface area contributed by atoms with Gasteiger partial charge in [-0.05, 0) is 25.0 Å². The van der Waals surface area contributed by atoms with Crippen molar-refractivity contribution in [3.05, 3.63) is 29.3 Å². The van der Waals surface area contributed by atoms with Crippen molar-refractivity contribution in [3.63, 3.8) is 0 Å². The van der Waals surface area contributed by atoms with Gasteiger partial charge in [-0.15, -0.1) is 0 Å². The third kappa shape index (κ3) is 4.63. The van der Waals surface area contributed by atoms with Crippen molar-refractivity contribution < 1.29 is 9.59 Å². The van der Waals surface area contributed by atoms with Crippen molar-refractivity contribution in [1.82, 2.24) is 10.2 Å². The Morgan fingerprint density at radius 2 is 1.78 bits per heavy atom. The minimum atomic E-state index is -0.422. The smallest absolute Gasteiger partial charge is 0.255 e. The fraction of sp³-hybridized carbons (Fsp3) is 0.636. The summed E-state index contributed by atoms with van der Waals surface area (Å²) in [6.07, 6.45) is 9.35. The van der Waals surface area contributed by atoms with Gasteiger partial charge in [-0.25, -0.2) is 0 Å². The molecule has 1 aromatic carbocycles. The molecule has 5 heteroatoms. The number of rotatable bonds is 7. The number of carbonyl (C=O) groups excluding carboxylic acids is 2. The molecule has 0 aliphatic carbocycles. The number of nitrogens with zero attached hydrogens (tertiary/aromatic N) is 1. The largest absolute Gasteiger partial charge is 0.362 e. The Morgan fingerprint density at radius 1 is 1.07 bits per heavy atom. The predicted octanol–water partition coefficient (Wildman–Crippen LogP) is 4.22. The molecule has 1 aromatic rings. The molecule has 27 heavy (non-hydrogen) atoms. The summed E-state index contributed by atoms with van der Waals surface area (Å²) in [5, 5.41) is 6.72. The van der Waals surface area contributed by atoms with Crippen LogP contribution in [0.2, 0.25) is 0 Å². The van der Waals surface area contributed by atoms with Crippen molar-refractivity contribution in [2.75, 3.05) is 18.4 Å². The van der Waals surface area contributed by atoms with E-state index in [1.54, 1.807) is 0 Å². The van der Waals surface area contributed by atoms with Crippen LogP contribution >= 0.6 is 0 Å². The zero-order valence-corrected chi connectivity index (χ0v) is 16.8. The van der Waals surface area contributed by atoms with E-state index < -0.39 is 5.66 Å². The second kappa shape index (κ2) is 8.77. The molecule has 2 N–H and O–H groups in total. The monoisotopic (exact) mass is 371 g/mol. The summed E-state index contributed by atoms with van der Waals surface area (Å²) in [7, 11) is 0. The molecule has 0 bridgehead atoms. The van der Waals surface area contributed by atoms with E-state index in [1.807, 2.05) is 30.0 Å². The molecule has 5 nitrogen and oxygen atoms in total. The van der Waals surface area contributed by atoms with Gasteiger partial charge in [-0.1, -0.05) is 51.2 Å². The summed E-state index contributed by atoms with van der Waals surface area (Å²) in [6.45, 7) is 5.57. The fourth-order valence-electron chi connectivity index (χ4n) is 4.24. The average molecular weight is 372 g/mol. The maximum absolute atomic E-state index is 12.6. The second-order valence-corrected chi connectivity index (χ2v) is 8.06. The summed E-state index contributed by atoms with van der Waals surface area (Å²) in [6, 6.07) is 5.91. The van der Waals surface area contributed by atoms with E-state index >= 15 is 0 Å². The van der Waals surface area contributed by atoms with Gasteiger partial charge in [-0.3, -0.25) is 9.59 Å². The van der Waals surface area contributed by atoms with Crippen LogP contribution in [0.3, 0.4) is 0 Å². The van der Waals surface area contributed by atoms with Crippen molar-refractivity contribution in [3.8, 4) is 0 Å². The van der Waals surface area contributed by atoms with Crippen LogP contribution in [-0.2, 0) is 4.79 Å². The molecule has 2 heterocycles. The summed E-state index contributed by atoms with van der Waals surface area (Å²) < 4.78 is 0. The van der Waals surface area contributed by atoms with Crippen LogP contribution in [-0.4, -0.2) is 35.5 Å². The normalized spacial score (nSPS) is 18.0. The van der Waals surface area contributed by atoms with Gasteiger partial charge in [0.05, 0.1) is 5.56 Å². The predicted molar refractivity (Wildman–Crippen MR) is 109 cm³/mol. The van der Waals surface area contributed by atoms with Crippen LogP contribution in [0.25, 0.3) is 0 Å². The Bertz CT molecular complexity index is 678. The van der Waals surface area contributed by atoms with Gasteiger partial charge in [-0.2, -0.15) is 0 Å². The number of aryl methyl sites for hydroxylation is 1. The van der Waals surface area contributed by atoms with Crippen LogP contribution in [0.5, 0.6) is 0 Å². The maximum Gasteiger partial charge on any atom is 0.255 e. The standard InChI is InChI=1S/C22H33N3O2/c1-3-4-5-6-7-8-12-19(26)25-15-13-22(14-16-25)23-18-11-9-10-17(2)20(18)21(27)24-22/h9-11,23H,3-8,12-16H2,1-2H3,(H,24,27).